The van der Waals surface area contributed by atoms with Crippen molar-refractivity contribution in [2.24, 2.45) is 0 Å². The van der Waals surface area contributed by atoms with Crippen LogP contribution in [0, 0.1) is 0 Å². The van der Waals surface area contributed by atoms with E-state index >= 15 is 0 Å². The normalized spacial score (nSPS) is 30.8. The highest BCUT2D eigenvalue weighted by molar-refractivity contribution is 6.29. The summed E-state index contributed by atoms with van der Waals surface area (Å²) in [6, 6.07) is 2.00. The van der Waals surface area contributed by atoms with E-state index in [-0.39, 0.29) is 0 Å². The number of hydrogen-bond donors (Lipinski definition) is 0. The third-order valence-electron chi connectivity index (χ3n) is 3.55. The van der Waals surface area contributed by atoms with Crippen molar-refractivity contribution in [2.75, 3.05) is 0 Å². The number of aromatic nitrogens is 2. The maximum absolute atomic E-state index is 5.83. The summed E-state index contributed by atoms with van der Waals surface area (Å²) < 4.78 is 0. The van der Waals surface area contributed by atoms with Gasteiger partial charge in [0, 0.05) is 5.41 Å². The first-order valence-corrected chi connectivity index (χ1v) is 6.10. The lowest BCUT2D eigenvalue weighted by molar-refractivity contribution is 0.484. The number of nitrogens with zero attached hydrogens (tertiary/aromatic N) is 2. The van der Waals surface area contributed by atoms with Crippen molar-refractivity contribution in [3.8, 4) is 0 Å². The molecule has 1 fully saturated rings. The second kappa shape index (κ2) is 3.75. The molecule has 2 aliphatic rings. The summed E-state index contributed by atoms with van der Waals surface area (Å²) in [7, 11) is 0. The third kappa shape index (κ3) is 1.55. The lowest BCUT2D eigenvalue weighted by Gasteiger charge is -2.21. The van der Waals surface area contributed by atoms with E-state index in [9.17, 15) is 0 Å². The van der Waals surface area contributed by atoms with Gasteiger partial charge in [-0.05, 0) is 36.8 Å². The van der Waals surface area contributed by atoms with E-state index in [1.165, 1.54) is 30.5 Å². The average Bonchev–Trinajstić information content (AvgIpc) is 2.75. The highest BCUT2D eigenvalue weighted by Crippen LogP contribution is 2.56. The fourth-order valence-corrected chi connectivity index (χ4v) is 3.04. The Morgan fingerprint density at radius 3 is 2.87 bits per heavy atom. The SMILES string of the molecule is CC.C[C@]12CC[C@H](C1)c1cc(Cl)nnc12. The first-order chi connectivity index (χ1) is 7.19. The maximum atomic E-state index is 5.83. The standard InChI is InChI=1S/C10H11ClN2.C2H6/c1-10-3-2-6(5-10)7-4-8(11)12-13-9(7)10;1-2/h4,6H,2-3,5H2,1H3;1-2H3/t6-,10+;/m1./s1. The Bertz CT molecular complexity index is 378. The lowest BCUT2D eigenvalue weighted by Crippen LogP contribution is -2.18. The lowest BCUT2D eigenvalue weighted by atomic mass is 9.85. The van der Waals surface area contributed by atoms with Gasteiger partial charge in [-0.1, -0.05) is 32.4 Å². The Balaban J connectivity index is 0.000000404. The highest BCUT2D eigenvalue weighted by atomic mass is 35.5. The van der Waals surface area contributed by atoms with Crippen LogP contribution in [0.3, 0.4) is 0 Å². The van der Waals surface area contributed by atoms with Crippen LogP contribution in [0.5, 0.6) is 0 Å². The molecule has 2 bridgehead atoms. The summed E-state index contributed by atoms with van der Waals surface area (Å²) in [5.41, 5.74) is 2.86. The molecule has 0 radical (unpaired) electrons. The van der Waals surface area contributed by atoms with Crippen LogP contribution in [0.25, 0.3) is 0 Å². The molecule has 0 saturated heterocycles. The quantitative estimate of drug-likeness (QED) is 0.672. The summed E-state index contributed by atoms with van der Waals surface area (Å²) in [5, 5.41) is 8.70. The molecule has 3 heteroatoms. The van der Waals surface area contributed by atoms with Gasteiger partial charge in [0.1, 0.15) is 0 Å². The molecule has 15 heavy (non-hydrogen) atoms. The van der Waals surface area contributed by atoms with Gasteiger partial charge in [-0.2, -0.15) is 5.10 Å². The highest BCUT2D eigenvalue weighted by Gasteiger charge is 2.47. The molecular weight excluding hydrogens is 208 g/mol. The fourth-order valence-electron chi connectivity index (χ4n) is 2.88. The molecule has 0 amide bonds. The summed E-state index contributed by atoms with van der Waals surface area (Å²) in [6.45, 7) is 6.29. The maximum Gasteiger partial charge on any atom is 0.152 e. The molecular formula is C12H17ClN2. The van der Waals surface area contributed by atoms with Gasteiger partial charge in [0.2, 0.25) is 0 Å². The van der Waals surface area contributed by atoms with Crippen molar-refractivity contribution in [3.05, 3.63) is 22.5 Å². The van der Waals surface area contributed by atoms with Crippen LogP contribution in [0.15, 0.2) is 6.07 Å². The zero-order valence-corrected chi connectivity index (χ0v) is 10.3. The molecule has 0 aromatic carbocycles. The molecule has 0 unspecified atom stereocenters. The van der Waals surface area contributed by atoms with Gasteiger partial charge in [0.25, 0.3) is 0 Å². The summed E-state index contributed by atoms with van der Waals surface area (Å²) in [4.78, 5) is 0. The molecule has 2 aliphatic carbocycles. The van der Waals surface area contributed by atoms with Crippen LogP contribution >= 0.6 is 11.6 Å². The van der Waals surface area contributed by atoms with Gasteiger partial charge in [0.05, 0.1) is 5.69 Å². The second-order valence-electron chi connectivity index (χ2n) is 4.47. The van der Waals surface area contributed by atoms with Gasteiger partial charge in [-0.15, -0.1) is 5.10 Å². The largest absolute Gasteiger partial charge is 0.153 e. The van der Waals surface area contributed by atoms with Crippen molar-refractivity contribution < 1.29 is 0 Å². The van der Waals surface area contributed by atoms with Gasteiger partial charge < -0.3 is 0 Å². The van der Waals surface area contributed by atoms with E-state index in [0.29, 0.717) is 16.5 Å². The Morgan fingerprint density at radius 1 is 1.40 bits per heavy atom. The van der Waals surface area contributed by atoms with Crippen molar-refractivity contribution in [1.82, 2.24) is 10.2 Å². The number of hydrogen-bond acceptors (Lipinski definition) is 2. The summed E-state index contributed by atoms with van der Waals surface area (Å²) >= 11 is 5.83. The van der Waals surface area contributed by atoms with Gasteiger partial charge in [0.15, 0.2) is 5.15 Å². The van der Waals surface area contributed by atoms with Crippen LogP contribution in [0.4, 0.5) is 0 Å². The van der Waals surface area contributed by atoms with Crippen LogP contribution in [0.1, 0.15) is 57.2 Å². The molecule has 2 nitrogen and oxygen atoms in total. The van der Waals surface area contributed by atoms with E-state index in [0.717, 1.165) is 0 Å². The number of halogens is 1. The van der Waals surface area contributed by atoms with Crippen LogP contribution in [-0.4, -0.2) is 10.2 Å². The Hall–Kier alpha value is -0.630. The van der Waals surface area contributed by atoms with E-state index in [1.54, 1.807) is 0 Å². The average molecular weight is 225 g/mol. The molecule has 1 aromatic heterocycles. The predicted molar refractivity (Wildman–Crippen MR) is 62.3 cm³/mol. The number of fused-ring (bicyclic) bond motifs is 5. The Morgan fingerprint density at radius 2 is 2.13 bits per heavy atom. The van der Waals surface area contributed by atoms with E-state index < -0.39 is 0 Å². The topological polar surface area (TPSA) is 25.8 Å². The van der Waals surface area contributed by atoms with E-state index in [2.05, 4.69) is 17.1 Å². The zero-order chi connectivity index (χ0) is 11.1. The molecule has 1 saturated carbocycles. The summed E-state index contributed by atoms with van der Waals surface area (Å²) in [5.74, 6) is 0.702. The van der Waals surface area contributed by atoms with Crippen molar-refractivity contribution in [1.29, 1.82) is 0 Å². The molecule has 3 rings (SSSR count). The van der Waals surface area contributed by atoms with Gasteiger partial charge in [-0.3, -0.25) is 0 Å². The number of rotatable bonds is 0. The smallest absolute Gasteiger partial charge is 0.152 e. The molecule has 0 spiro atoms. The molecule has 1 aromatic rings. The first kappa shape index (κ1) is 10.9. The monoisotopic (exact) mass is 224 g/mol. The van der Waals surface area contributed by atoms with E-state index in [4.69, 9.17) is 11.6 Å². The van der Waals surface area contributed by atoms with Crippen molar-refractivity contribution in [2.45, 2.75) is 51.4 Å². The molecule has 0 aliphatic heterocycles. The molecule has 2 atom stereocenters. The van der Waals surface area contributed by atoms with Crippen LogP contribution in [-0.2, 0) is 5.41 Å². The fraction of sp³-hybridized carbons (Fsp3) is 0.667. The summed E-state index contributed by atoms with van der Waals surface area (Å²) in [6.07, 6.45) is 3.81. The van der Waals surface area contributed by atoms with E-state index in [1.807, 2.05) is 19.9 Å². The third-order valence-corrected chi connectivity index (χ3v) is 3.73. The van der Waals surface area contributed by atoms with Gasteiger partial charge >= 0.3 is 0 Å². The van der Waals surface area contributed by atoms with Crippen molar-refractivity contribution in [3.63, 3.8) is 0 Å². The second-order valence-corrected chi connectivity index (χ2v) is 4.86. The predicted octanol–water partition coefficient (Wildman–Crippen LogP) is 3.70. The molecule has 1 heterocycles. The van der Waals surface area contributed by atoms with Gasteiger partial charge in [-0.25, -0.2) is 0 Å². The van der Waals surface area contributed by atoms with Crippen molar-refractivity contribution >= 4 is 11.6 Å². The van der Waals surface area contributed by atoms with Crippen LogP contribution in [0.2, 0.25) is 5.15 Å². The zero-order valence-electron chi connectivity index (χ0n) is 9.55. The van der Waals surface area contributed by atoms with Crippen LogP contribution < -0.4 is 0 Å². The first-order valence-electron chi connectivity index (χ1n) is 5.73. The molecule has 82 valence electrons. The Kier molecular flexibility index (Phi) is 2.72. The molecule has 0 N–H and O–H groups in total. The minimum Gasteiger partial charge on any atom is -0.153 e. The Labute approximate surface area is 96.1 Å². The minimum atomic E-state index is 0.303. The minimum absolute atomic E-state index is 0.303.